The van der Waals surface area contributed by atoms with Gasteiger partial charge in [-0.05, 0) is 19.8 Å². The third kappa shape index (κ3) is 9.18. The molecule has 1 atom stereocenters. The SMILES string of the molecule is CCOC(C=O)CCCC(=O)O.[BeH2]. The molecule has 0 bridgehead atoms. The second-order valence-electron chi connectivity index (χ2n) is 2.42. The molecular weight excluding hydrogens is 169 g/mol. The van der Waals surface area contributed by atoms with E-state index in [1.165, 1.54) is 0 Å². The molecule has 0 rings (SSSR count). The molecule has 0 aromatic heterocycles. The van der Waals surface area contributed by atoms with Gasteiger partial charge in [-0.3, -0.25) is 4.79 Å². The van der Waals surface area contributed by atoms with Gasteiger partial charge in [-0.25, -0.2) is 0 Å². The first kappa shape index (κ1) is 14.8. The van der Waals surface area contributed by atoms with Gasteiger partial charge in [-0.2, -0.15) is 0 Å². The van der Waals surface area contributed by atoms with E-state index < -0.39 is 12.1 Å². The van der Waals surface area contributed by atoms with Crippen LogP contribution in [0.15, 0.2) is 0 Å². The average molecular weight is 185 g/mol. The van der Waals surface area contributed by atoms with Crippen molar-refractivity contribution in [1.29, 1.82) is 0 Å². The standard InChI is InChI=1S/C8H14O4.Be.2H/c1-2-12-7(6-9)4-3-5-8(10)11;;;/h6-7H,2-5H2,1H3,(H,10,11);;;. The molecule has 1 unspecified atom stereocenters. The molecule has 0 aromatic carbocycles. The van der Waals surface area contributed by atoms with E-state index in [9.17, 15) is 9.59 Å². The van der Waals surface area contributed by atoms with Crippen molar-refractivity contribution in [3.63, 3.8) is 0 Å². The summed E-state index contributed by atoms with van der Waals surface area (Å²) in [5, 5.41) is 8.30. The molecule has 0 aromatic rings. The van der Waals surface area contributed by atoms with Gasteiger partial charge in [0.2, 0.25) is 0 Å². The average Bonchev–Trinajstić information content (AvgIpc) is 2.02. The fourth-order valence-corrected chi connectivity index (χ4v) is 0.859. The van der Waals surface area contributed by atoms with Crippen LogP contribution in [0.4, 0.5) is 0 Å². The first-order chi connectivity index (χ1) is 5.70. The Morgan fingerprint density at radius 3 is 2.62 bits per heavy atom. The van der Waals surface area contributed by atoms with Crippen molar-refractivity contribution in [2.45, 2.75) is 32.3 Å². The normalized spacial score (nSPS) is 11.5. The zero-order chi connectivity index (χ0) is 9.40. The molecule has 0 aliphatic heterocycles. The number of hydrogen-bond acceptors (Lipinski definition) is 3. The van der Waals surface area contributed by atoms with Gasteiger partial charge < -0.3 is 14.6 Å². The molecule has 0 fully saturated rings. The van der Waals surface area contributed by atoms with E-state index in [4.69, 9.17) is 9.84 Å². The molecule has 0 spiro atoms. The summed E-state index contributed by atoms with van der Waals surface area (Å²) in [5.41, 5.74) is 0. The molecule has 5 heteroatoms. The molecule has 0 heterocycles. The summed E-state index contributed by atoms with van der Waals surface area (Å²) in [6, 6.07) is 0. The Balaban J connectivity index is 0. The number of carboxylic acid groups (broad SMARTS) is 1. The zero-order valence-electron chi connectivity index (χ0n) is 7.16. The van der Waals surface area contributed by atoms with Gasteiger partial charge in [0, 0.05) is 13.0 Å². The van der Waals surface area contributed by atoms with E-state index in [2.05, 4.69) is 0 Å². The van der Waals surface area contributed by atoms with Crippen molar-refractivity contribution >= 4 is 22.4 Å². The number of carbonyl (C=O) groups is 2. The number of aliphatic carboxylic acids is 1. The summed E-state index contributed by atoms with van der Waals surface area (Å²) in [7, 11) is 0. The molecule has 1 N–H and O–H groups in total. The fourth-order valence-electron chi connectivity index (χ4n) is 0.859. The molecule has 0 aliphatic carbocycles. The summed E-state index contributed by atoms with van der Waals surface area (Å²) in [5.74, 6) is -0.837. The number of carbonyl (C=O) groups excluding carboxylic acids is 1. The summed E-state index contributed by atoms with van der Waals surface area (Å²) in [6.07, 6.45) is 1.35. The van der Waals surface area contributed by atoms with Crippen molar-refractivity contribution in [3.8, 4) is 0 Å². The van der Waals surface area contributed by atoms with Crippen LogP contribution < -0.4 is 0 Å². The first-order valence-corrected chi connectivity index (χ1v) is 3.99. The Labute approximate surface area is 81.5 Å². The van der Waals surface area contributed by atoms with Crippen LogP contribution >= 0.6 is 0 Å². The number of rotatable bonds is 7. The molecule has 4 nitrogen and oxygen atoms in total. The van der Waals surface area contributed by atoms with E-state index in [1.807, 2.05) is 0 Å². The third-order valence-electron chi connectivity index (χ3n) is 1.41. The predicted molar refractivity (Wildman–Crippen MR) is 51.5 cm³/mol. The predicted octanol–water partition coefficient (Wildman–Crippen LogP) is -0.0709. The second kappa shape index (κ2) is 9.36. The van der Waals surface area contributed by atoms with E-state index in [0.717, 1.165) is 0 Å². The summed E-state index contributed by atoms with van der Waals surface area (Å²) in [4.78, 5) is 20.4. The molecule has 13 heavy (non-hydrogen) atoms. The van der Waals surface area contributed by atoms with E-state index in [0.29, 0.717) is 25.7 Å². The van der Waals surface area contributed by atoms with Gasteiger partial charge in [-0.1, -0.05) is 0 Å². The van der Waals surface area contributed by atoms with Crippen LogP contribution in [-0.2, 0) is 14.3 Å². The van der Waals surface area contributed by atoms with Crippen molar-refractivity contribution in [2.75, 3.05) is 6.61 Å². The number of ether oxygens (including phenoxy) is 1. The molecule has 74 valence electrons. The van der Waals surface area contributed by atoms with E-state index in [-0.39, 0.29) is 16.5 Å². The minimum absolute atomic E-state index is 0. The fraction of sp³-hybridized carbons (Fsp3) is 0.750. The Bertz CT molecular complexity index is 149. The van der Waals surface area contributed by atoms with Crippen molar-refractivity contribution in [3.05, 3.63) is 0 Å². The molecule has 0 amide bonds. The zero-order valence-corrected chi connectivity index (χ0v) is 7.16. The summed E-state index contributed by atoms with van der Waals surface area (Å²) in [6.45, 7) is 2.28. The topological polar surface area (TPSA) is 63.6 Å². The molecular formula is C8H16BeO4. The van der Waals surface area contributed by atoms with Crippen molar-refractivity contribution in [2.24, 2.45) is 0 Å². The Morgan fingerprint density at radius 1 is 1.62 bits per heavy atom. The maximum atomic E-state index is 10.3. The summed E-state index contributed by atoms with van der Waals surface area (Å²) >= 11 is 0. The van der Waals surface area contributed by atoms with Gasteiger partial charge in [-0.15, -0.1) is 0 Å². The Hall–Kier alpha value is -0.731. The van der Waals surface area contributed by atoms with Crippen LogP contribution in [0.3, 0.4) is 0 Å². The third-order valence-corrected chi connectivity index (χ3v) is 1.41. The van der Waals surface area contributed by atoms with E-state index in [1.54, 1.807) is 6.92 Å². The van der Waals surface area contributed by atoms with Crippen LogP contribution in [0.2, 0.25) is 0 Å². The summed E-state index contributed by atoms with van der Waals surface area (Å²) < 4.78 is 5.01. The Morgan fingerprint density at radius 2 is 2.23 bits per heavy atom. The van der Waals surface area contributed by atoms with Crippen molar-refractivity contribution in [1.82, 2.24) is 0 Å². The minimum atomic E-state index is -0.837. The number of carboxylic acids is 1. The van der Waals surface area contributed by atoms with Gasteiger partial charge >= 0.3 is 16.1 Å². The van der Waals surface area contributed by atoms with Crippen LogP contribution in [0.5, 0.6) is 0 Å². The van der Waals surface area contributed by atoms with Gasteiger partial charge in [0.1, 0.15) is 12.4 Å². The molecule has 0 saturated heterocycles. The number of hydrogen-bond donors (Lipinski definition) is 1. The molecule has 0 radical (unpaired) electrons. The van der Waals surface area contributed by atoms with Crippen LogP contribution in [0.1, 0.15) is 26.2 Å². The monoisotopic (exact) mass is 185 g/mol. The van der Waals surface area contributed by atoms with Crippen LogP contribution in [0, 0.1) is 0 Å². The maximum absolute atomic E-state index is 10.3. The first-order valence-electron chi connectivity index (χ1n) is 3.99. The second-order valence-corrected chi connectivity index (χ2v) is 2.42. The quantitative estimate of drug-likeness (QED) is 0.445. The van der Waals surface area contributed by atoms with Gasteiger partial charge in [0.05, 0.1) is 0 Å². The van der Waals surface area contributed by atoms with Gasteiger partial charge in [0.25, 0.3) is 0 Å². The van der Waals surface area contributed by atoms with Crippen molar-refractivity contribution < 1.29 is 19.4 Å². The van der Waals surface area contributed by atoms with Crippen LogP contribution in [-0.4, -0.2) is 40.2 Å². The molecule has 0 aliphatic rings. The molecule has 0 saturated carbocycles. The van der Waals surface area contributed by atoms with Crippen LogP contribution in [0.25, 0.3) is 0 Å². The van der Waals surface area contributed by atoms with Gasteiger partial charge in [0.15, 0.2) is 0 Å². The van der Waals surface area contributed by atoms with E-state index >= 15 is 0 Å². The Kier molecular flexibility index (Phi) is 10.6. The number of aldehydes is 1.